The average Bonchev–Trinajstić information content (AvgIpc) is 2.74. The second kappa shape index (κ2) is 5.01. The second-order valence-corrected chi connectivity index (χ2v) is 4.33. The summed E-state index contributed by atoms with van der Waals surface area (Å²) < 4.78 is 2.05. The summed E-state index contributed by atoms with van der Waals surface area (Å²) in [5.41, 5.74) is 2.91. The standard InChI is InChI=1S/C14H17N3/c1-4-5-6-9-17-14-8-7-13(15-3)11(2)12(14)10-16-17/h7-8,10H,4-6,9H2,1-2H3. The highest BCUT2D eigenvalue weighted by atomic mass is 15.3. The number of aryl methyl sites for hydroxylation is 2. The van der Waals surface area contributed by atoms with Crippen molar-refractivity contribution < 1.29 is 0 Å². The van der Waals surface area contributed by atoms with Crippen LogP contribution in [0.2, 0.25) is 0 Å². The molecule has 0 bridgehead atoms. The van der Waals surface area contributed by atoms with Crippen LogP contribution >= 0.6 is 0 Å². The second-order valence-electron chi connectivity index (χ2n) is 4.33. The summed E-state index contributed by atoms with van der Waals surface area (Å²) >= 11 is 0. The first-order valence-corrected chi connectivity index (χ1v) is 6.10. The molecule has 0 N–H and O–H groups in total. The number of aromatic nitrogens is 2. The lowest BCUT2D eigenvalue weighted by Crippen LogP contribution is -1.99. The molecule has 2 aromatic rings. The van der Waals surface area contributed by atoms with Gasteiger partial charge in [-0.15, -0.1) is 0 Å². The summed E-state index contributed by atoms with van der Waals surface area (Å²) in [6.07, 6.45) is 5.50. The van der Waals surface area contributed by atoms with Crippen molar-refractivity contribution >= 4 is 16.6 Å². The zero-order valence-electron chi connectivity index (χ0n) is 10.4. The number of rotatable bonds is 4. The minimum absolute atomic E-state index is 0.727. The van der Waals surface area contributed by atoms with Gasteiger partial charge in [-0.2, -0.15) is 5.10 Å². The minimum atomic E-state index is 0.727. The fraction of sp³-hybridized carbons (Fsp3) is 0.429. The summed E-state index contributed by atoms with van der Waals surface area (Å²) in [4.78, 5) is 3.52. The molecule has 1 heterocycles. The maximum Gasteiger partial charge on any atom is 0.190 e. The fourth-order valence-corrected chi connectivity index (χ4v) is 2.09. The summed E-state index contributed by atoms with van der Waals surface area (Å²) in [6, 6.07) is 3.90. The molecular weight excluding hydrogens is 210 g/mol. The minimum Gasteiger partial charge on any atom is -0.265 e. The van der Waals surface area contributed by atoms with Gasteiger partial charge in [-0.05, 0) is 25.0 Å². The average molecular weight is 227 g/mol. The van der Waals surface area contributed by atoms with Gasteiger partial charge in [0.2, 0.25) is 0 Å². The molecule has 0 saturated carbocycles. The molecule has 3 heteroatoms. The van der Waals surface area contributed by atoms with E-state index >= 15 is 0 Å². The van der Waals surface area contributed by atoms with Gasteiger partial charge < -0.3 is 0 Å². The van der Waals surface area contributed by atoms with E-state index in [2.05, 4.69) is 16.9 Å². The SMILES string of the molecule is [C-]#[N+]c1ccc2c(cnn2CCCCC)c1C. The van der Waals surface area contributed by atoms with E-state index in [1.165, 1.54) is 12.8 Å². The van der Waals surface area contributed by atoms with Gasteiger partial charge in [0.05, 0.1) is 18.3 Å². The van der Waals surface area contributed by atoms with Crippen LogP contribution in [0.5, 0.6) is 0 Å². The first kappa shape index (κ1) is 11.7. The Hall–Kier alpha value is -1.82. The molecule has 0 atom stereocenters. The predicted octanol–water partition coefficient (Wildman–Crippen LogP) is 4.09. The third-order valence-electron chi connectivity index (χ3n) is 3.16. The molecule has 0 fully saturated rings. The van der Waals surface area contributed by atoms with E-state index in [1.807, 2.05) is 29.9 Å². The van der Waals surface area contributed by atoms with Crippen molar-refractivity contribution in [3.63, 3.8) is 0 Å². The van der Waals surface area contributed by atoms with Gasteiger partial charge in [0.25, 0.3) is 0 Å². The van der Waals surface area contributed by atoms with Crippen LogP contribution in [0.3, 0.4) is 0 Å². The molecule has 1 aromatic carbocycles. The Morgan fingerprint density at radius 2 is 2.18 bits per heavy atom. The molecule has 0 aliphatic heterocycles. The van der Waals surface area contributed by atoms with Gasteiger partial charge in [-0.3, -0.25) is 4.68 Å². The fourth-order valence-electron chi connectivity index (χ4n) is 2.09. The highest BCUT2D eigenvalue weighted by Gasteiger charge is 2.07. The predicted molar refractivity (Wildman–Crippen MR) is 70.3 cm³/mol. The van der Waals surface area contributed by atoms with Crippen LogP contribution in [0, 0.1) is 13.5 Å². The lowest BCUT2D eigenvalue weighted by Gasteiger charge is -2.04. The molecule has 0 aliphatic carbocycles. The van der Waals surface area contributed by atoms with Gasteiger partial charge >= 0.3 is 0 Å². The molecule has 88 valence electrons. The molecule has 0 unspecified atom stereocenters. The van der Waals surface area contributed by atoms with Crippen LogP contribution in [0.15, 0.2) is 18.3 Å². The third kappa shape index (κ3) is 2.16. The van der Waals surface area contributed by atoms with Crippen LogP contribution in [0.1, 0.15) is 31.7 Å². The number of unbranched alkanes of at least 4 members (excludes halogenated alkanes) is 2. The van der Waals surface area contributed by atoms with Gasteiger partial charge in [0.15, 0.2) is 5.69 Å². The van der Waals surface area contributed by atoms with E-state index in [4.69, 9.17) is 6.57 Å². The van der Waals surface area contributed by atoms with Crippen LogP contribution in [-0.4, -0.2) is 9.78 Å². The van der Waals surface area contributed by atoms with Crippen LogP contribution in [0.25, 0.3) is 15.7 Å². The number of hydrogen-bond acceptors (Lipinski definition) is 1. The van der Waals surface area contributed by atoms with Crippen LogP contribution in [-0.2, 0) is 6.54 Å². The first-order valence-electron chi connectivity index (χ1n) is 6.10. The quantitative estimate of drug-likeness (QED) is 0.569. The van der Waals surface area contributed by atoms with Gasteiger partial charge in [0.1, 0.15) is 0 Å². The molecule has 0 amide bonds. The Balaban J connectivity index is 2.35. The van der Waals surface area contributed by atoms with E-state index in [-0.39, 0.29) is 0 Å². The molecule has 0 saturated heterocycles. The van der Waals surface area contributed by atoms with Crippen molar-refractivity contribution in [1.29, 1.82) is 0 Å². The van der Waals surface area contributed by atoms with Crippen molar-refractivity contribution in [3.05, 3.63) is 35.3 Å². The van der Waals surface area contributed by atoms with E-state index in [0.717, 1.165) is 35.1 Å². The molecule has 17 heavy (non-hydrogen) atoms. The van der Waals surface area contributed by atoms with E-state index in [0.29, 0.717) is 0 Å². The van der Waals surface area contributed by atoms with Crippen LogP contribution in [0.4, 0.5) is 5.69 Å². The van der Waals surface area contributed by atoms with Crippen molar-refractivity contribution in [1.82, 2.24) is 9.78 Å². The summed E-state index contributed by atoms with van der Waals surface area (Å²) in [7, 11) is 0. The molecule has 0 spiro atoms. The zero-order valence-corrected chi connectivity index (χ0v) is 10.4. The van der Waals surface area contributed by atoms with Gasteiger partial charge in [-0.1, -0.05) is 25.8 Å². The molecule has 1 aromatic heterocycles. The Morgan fingerprint density at radius 3 is 2.88 bits per heavy atom. The third-order valence-corrected chi connectivity index (χ3v) is 3.16. The summed E-state index contributed by atoms with van der Waals surface area (Å²) in [5.74, 6) is 0. The number of benzene rings is 1. The topological polar surface area (TPSA) is 22.2 Å². The molecule has 3 nitrogen and oxygen atoms in total. The smallest absolute Gasteiger partial charge is 0.190 e. The normalized spacial score (nSPS) is 10.6. The van der Waals surface area contributed by atoms with Gasteiger partial charge in [0, 0.05) is 11.9 Å². The van der Waals surface area contributed by atoms with Crippen LogP contribution < -0.4 is 0 Å². The van der Waals surface area contributed by atoms with Crippen molar-refractivity contribution in [2.24, 2.45) is 0 Å². The van der Waals surface area contributed by atoms with E-state index in [9.17, 15) is 0 Å². The maximum atomic E-state index is 7.10. The Morgan fingerprint density at radius 1 is 1.35 bits per heavy atom. The summed E-state index contributed by atoms with van der Waals surface area (Å²) in [6.45, 7) is 12.3. The van der Waals surface area contributed by atoms with E-state index < -0.39 is 0 Å². The number of fused-ring (bicyclic) bond motifs is 1. The molecular formula is C14H17N3. The molecule has 0 radical (unpaired) electrons. The van der Waals surface area contributed by atoms with Crippen molar-refractivity contribution in [2.75, 3.05) is 0 Å². The van der Waals surface area contributed by atoms with Crippen molar-refractivity contribution in [3.8, 4) is 0 Å². The zero-order chi connectivity index (χ0) is 12.3. The highest BCUT2D eigenvalue weighted by Crippen LogP contribution is 2.27. The highest BCUT2D eigenvalue weighted by molar-refractivity contribution is 5.87. The largest absolute Gasteiger partial charge is 0.265 e. The Bertz CT molecular complexity index is 561. The Labute approximate surface area is 102 Å². The lowest BCUT2D eigenvalue weighted by molar-refractivity contribution is 0.567. The summed E-state index contributed by atoms with van der Waals surface area (Å²) in [5, 5.41) is 5.52. The first-order chi connectivity index (χ1) is 8.27. The monoisotopic (exact) mass is 227 g/mol. The maximum absolute atomic E-state index is 7.10. The number of hydrogen-bond donors (Lipinski definition) is 0. The number of nitrogens with zero attached hydrogens (tertiary/aromatic N) is 3. The van der Waals surface area contributed by atoms with Gasteiger partial charge in [-0.25, -0.2) is 4.85 Å². The lowest BCUT2D eigenvalue weighted by atomic mass is 10.1. The molecule has 2 rings (SSSR count). The molecule has 0 aliphatic rings. The van der Waals surface area contributed by atoms with Crippen molar-refractivity contribution in [2.45, 2.75) is 39.7 Å². The van der Waals surface area contributed by atoms with E-state index in [1.54, 1.807) is 0 Å². The Kier molecular flexibility index (Phi) is 3.43.